The molecule has 36 heavy (non-hydrogen) atoms. The number of hydrogen-bond donors (Lipinski definition) is 0. The van der Waals surface area contributed by atoms with Crippen molar-refractivity contribution < 1.29 is 19.1 Å². The summed E-state index contributed by atoms with van der Waals surface area (Å²) in [7, 11) is 0. The van der Waals surface area contributed by atoms with Crippen LogP contribution in [-0.4, -0.2) is 66.9 Å². The fourth-order valence-electron chi connectivity index (χ4n) is 5.74. The monoisotopic (exact) mass is 489 g/mol. The maximum Gasteiger partial charge on any atom is 0.266 e. The number of nitrogens with zero attached hydrogens (tertiary/aromatic N) is 3. The highest BCUT2D eigenvalue weighted by Gasteiger charge is 2.37. The first-order chi connectivity index (χ1) is 17.5. The van der Waals surface area contributed by atoms with Crippen LogP contribution in [0.2, 0.25) is 0 Å². The first-order valence-corrected chi connectivity index (χ1v) is 13.3. The molecule has 0 bridgehead atoms. The van der Waals surface area contributed by atoms with Crippen molar-refractivity contribution in [3.8, 4) is 5.75 Å². The number of fused-ring (bicyclic) bond motifs is 1. The molecule has 5 rings (SSSR count). The molecule has 3 amide bonds. The summed E-state index contributed by atoms with van der Waals surface area (Å²) in [5.74, 6) is 0.631. The Balaban J connectivity index is 1.26. The van der Waals surface area contributed by atoms with Crippen LogP contribution in [0.15, 0.2) is 42.5 Å². The molecule has 0 spiro atoms. The van der Waals surface area contributed by atoms with Gasteiger partial charge in [0.05, 0.1) is 23.4 Å². The molecule has 7 nitrogen and oxygen atoms in total. The number of anilines is 1. The van der Waals surface area contributed by atoms with E-state index >= 15 is 0 Å². The Morgan fingerprint density at radius 2 is 1.61 bits per heavy atom. The lowest BCUT2D eigenvalue weighted by atomic mass is 9.89. The van der Waals surface area contributed by atoms with Crippen LogP contribution < -0.4 is 9.64 Å². The van der Waals surface area contributed by atoms with Gasteiger partial charge < -0.3 is 14.5 Å². The Bertz CT molecular complexity index is 1120. The van der Waals surface area contributed by atoms with Crippen molar-refractivity contribution in [3.63, 3.8) is 0 Å². The summed E-state index contributed by atoms with van der Waals surface area (Å²) in [5.41, 5.74) is 1.57. The van der Waals surface area contributed by atoms with E-state index in [-0.39, 0.29) is 17.4 Å². The van der Waals surface area contributed by atoms with E-state index in [0.29, 0.717) is 42.3 Å². The molecule has 0 aromatic heterocycles. The highest BCUT2D eigenvalue weighted by molar-refractivity contribution is 6.34. The predicted molar refractivity (Wildman–Crippen MR) is 139 cm³/mol. The Labute approximate surface area is 213 Å². The fraction of sp³-hybridized carbons (Fsp3) is 0.483. The number of benzene rings is 2. The van der Waals surface area contributed by atoms with Gasteiger partial charge in [-0.1, -0.05) is 19.3 Å². The van der Waals surface area contributed by atoms with Gasteiger partial charge in [-0.2, -0.15) is 0 Å². The van der Waals surface area contributed by atoms with Crippen molar-refractivity contribution in [2.24, 2.45) is 5.92 Å². The zero-order chi connectivity index (χ0) is 25.1. The van der Waals surface area contributed by atoms with Crippen molar-refractivity contribution in [1.29, 1.82) is 0 Å². The molecule has 0 atom stereocenters. The first-order valence-electron chi connectivity index (χ1n) is 13.3. The van der Waals surface area contributed by atoms with Crippen LogP contribution in [0, 0.1) is 5.92 Å². The molecule has 0 radical (unpaired) electrons. The number of carbonyl (C=O) groups is 3. The minimum Gasteiger partial charge on any atom is -0.494 e. The number of carbonyl (C=O) groups excluding carboxylic acids is 3. The molecule has 2 aromatic carbocycles. The van der Waals surface area contributed by atoms with E-state index in [1.165, 1.54) is 37.0 Å². The van der Waals surface area contributed by atoms with E-state index in [1.807, 2.05) is 11.8 Å². The lowest BCUT2D eigenvalue weighted by Gasteiger charge is -2.28. The maximum atomic E-state index is 13.4. The Morgan fingerprint density at radius 3 is 2.36 bits per heavy atom. The van der Waals surface area contributed by atoms with Gasteiger partial charge in [0.1, 0.15) is 5.75 Å². The third-order valence-electron chi connectivity index (χ3n) is 7.66. The minimum atomic E-state index is -0.400. The quantitative estimate of drug-likeness (QED) is 0.554. The molecule has 0 N–H and O–H groups in total. The van der Waals surface area contributed by atoms with Crippen molar-refractivity contribution in [2.75, 3.05) is 44.2 Å². The fourth-order valence-corrected chi connectivity index (χ4v) is 5.74. The van der Waals surface area contributed by atoms with Gasteiger partial charge in [-0.05, 0) is 81.1 Å². The third kappa shape index (κ3) is 5.03. The smallest absolute Gasteiger partial charge is 0.266 e. The van der Waals surface area contributed by atoms with E-state index < -0.39 is 5.91 Å². The molecular formula is C29H35N3O4. The normalized spacial score (nSPS) is 19.4. The molecule has 1 saturated heterocycles. The highest BCUT2D eigenvalue weighted by atomic mass is 16.5. The summed E-state index contributed by atoms with van der Waals surface area (Å²) in [6, 6.07) is 11.8. The zero-order valence-corrected chi connectivity index (χ0v) is 21.1. The van der Waals surface area contributed by atoms with Crippen LogP contribution >= 0.6 is 0 Å². The minimum absolute atomic E-state index is 0.0721. The second-order valence-electron chi connectivity index (χ2n) is 10.1. The van der Waals surface area contributed by atoms with Gasteiger partial charge >= 0.3 is 0 Å². The van der Waals surface area contributed by atoms with Crippen LogP contribution in [0.1, 0.15) is 76.5 Å². The number of rotatable bonds is 6. The average molecular weight is 490 g/mol. The number of hydrogen-bond acceptors (Lipinski definition) is 5. The molecule has 7 heteroatoms. The van der Waals surface area contributed by atoms with E-state index in [1.54, 1.807) is 42.5 Å². The lowest BCUT2D eigenvalue weighted by molar-refractivity contribution is 0.0759. The lowest BCUT2D eigenvalue weighted by Crippen LogP contribution is -2.37. The van der Waals surface area contributed by atoms with Gasteiger partial charge in [0, 0.05) is 31.7 Å². The topological polar surface area (TPSA) is 70.2 Å². The second-order valence-corrected chi connectivity index (χ2v) is 10.1. The van der Waals surface area contributed by atoms with Gasteiger partial charge in [-0.15, -0.1) is 0 Å². The van der Waals surface area contributed by atoms with E-state index in [9.17, 15) is 14.4 Å². The van der Waals surface area contributed by atoms with Gasteiger partial charge in [-0.25, -0.2) is 4.90 Å². The standard InChI is InChI=1S/C29H35N3O4/c1-2-36-24-12-10-23(11-13-24)32-28(34)25-14-9-22(19-26(25)29(32)35)27(33)31-16-6-15-30(17-18-31)20-21-7-4-3-5-8-21/h9-14,19,21H,2-8,15-18,20H2,1H3. The molecule has 2 aliphatic heterocycles. The third-order valence-corrected chi connectivity index (χ3v) is 7.66. The highest BCUT2D eigenvalue weighted by Crippen LogP contribution is 2.31. The molecule has 1 saturated carbocycles. The van der Waals surface area contributed by atoms with E-state index in [4.69, 9.17) is 4.74 Å². The second kappa shape index (κ2) is 10.8. The SMILES string of the molecule is CCOc1ccc(N2C(=O)c3ccc(C(=O)N4CCCN(CC5CCCCC5)CC4)cc3C2=O)cc1. The van der Waals surface area contributed by atoms with Crippen molar-refractivity contribution >= 4 is 23.4 Å². The number of imide groups is 1. The zero-order valence-electron chi connectivity index (χ0n) is 21.1. The summed E-state index contributed by atoms with van der Waals surface area (Å²) < 4.78 is 5.46. The van der Waals surface area contributed by atoms with Crippen molar-refractivity contribution in [1.82, 2.24) is 9.80 Å². The largest absolute Gasteiger partial charge is 0.494 e. The average Bonchev–Trinajstić information content (AvgIpc) is 3.03. The Hall–Kier alpha value is -3.19. The summed E-state index contributed by atoms with van der Waals surface area (Å²) in [6.07, 6.45) is 7.67. The summed E-state index contributed by atoms with van der Waals surface area (Å²) >= 11 is 0. The van der Waals surface area contributed by atoms with E-state index in [0.717, 1.165) is 32.0 Å². The summed E-state index contributed by atoms with van der Waals surface area (Å²) in [5, 5.41) is 0. The molecule has 3 aliphatic rings. The summed E-state index contributed by atoms with van der Waals surface area (Å²) in [4.78, 5) is 45.2. The van der Waals surface area contributed by atoms with Gasteiger partial charge in [0.15, 0.2) is 0 Å². The van der Waals surface area contributed by atoms with Gasteiger partial charge in [0.2, 0.25) is 0 Å². The van der Waals surface area contributed by atoms with E-state index in [2.05, 4.69) is 4.90 Å². The first kappa shape index (κ1) is 24.5. The number of ether oxygens (including phenoxy) is 1. The molecular weight excluding hydrogens is 454 g/mol. The van der Waals surface area contributed by atoms with Crippen LogP contribution in [0.4, 0.5) is 5.69 Å². The van der Waals surface area contributed by atoms with Crippen LogP contribution in [0.3, 0.4) is 0 Å². The number of amides is 3. The van der Waals surface area contributed by atoms with Crippen LogP contribution in [0.5, 0.6) is 5.75 Å². The Kier molecular flexibility index (Phi) is 7.37. The predicted octanol–water partition coefficient (Wildman–Crippen LogP) is 4.61. The molecule has 2 heterocycles. The van der Waals surface area contributed by atoms with Crippen molar-refractivity contribution in [3.05, 3.63) is 59.2 Å². The molecule has 190 valence electrons. The molecule has 2 fully saturated rings. The van der Waals surface area contributed by atoms with Gasteiger partial charge in [-0.3, -0.25) is 14.4 Å². The van der Waals surface area contributed by atoms with Crippen LogP contribution in [0.25, 0.3) is 0 Å². The molecule has 1 aliphatic carbocycles. The molecule has 2 aromatic rings. The maximum absolute atomic E-state index is 13.4. The van der Waals surface area contributed by atoms with Crippen molar-refractivity contribution in [2.45, 2.75) is 45.4 Å². The van der Waals surface area contributed by atoms with Crippen LogP contribution in [-0.2, 0) is 0 Å². The molecule has 0 unspecified atom stereocenters. The van der Waals surface area contributed by atoms with Gasteiger partial charge in [0.25, 0.3) is 17.7 Å². The summed E-state index contributed by atoms with van der Waals surface area (Å²) in [6.45, 7) is 6.88. The Morgan fingerprint density at radius 1 is 0.861 bits per heavy atom.